The Bertz CT molecular complexity index is 188. The lowest BCUT2D eigenvalue weighted by molar-refractivity contribution is -0.184. The number of rotatable bonds is 3. The highest BCUT2D eigenvalue weighted by atomic mass is 19.4. The minimum Gasteiger partial charge on any atom is -0.322 e. The predicted octanol–water partition coefficient (Wildman–Crippen LogP) is 1.74. The Hall–Kier alpha value is -0.580. The van der Waals surface area contributed by atoms with Gasteiger partial charge in [0.15, 0.2) is 5.78 Å². The Morgan fingerprint density at radius 3 is 1.85 bits per heavy atom. The fourth-order valence-electron chi connectivity index (χ4n) is 0.945. The van der Waals surface area contributed by atoms with Gasteiger partial charge in [0, 0.05) is 5.92 Å². The van der Waals surface area contributed by atoms with Crippen LogP contribution in [0.3, 0.4) is 0 Å². The zero-order valence-electron chi connectivity index (χ0n) is 7.85. The number of Topliss-reactive ketones (excluding diaryl/α,β-unsaturated/α-hetero) is 1. The van der Waals surface area contributed by atoms with E-state index in [0.717, 1.165) is 6.92 Å². The van der Waals surface area contributed by atoms with E-state index in [-0.39, 0.29) is 0 Å². The maximum atomic E-state index is 12.1. The second kappa shape index (κ2) is 4.09. The fourth-order valence-corrected chi connectivity index (χ4v) is 0.945. The van der Waals surface area contributed by atoms with Gasteiger partial charge in [-0.05, 0) is 6.92 Å². The van der Waals surface area contributed by atoms with Gasteiger partial charge >= 0.3 is 6.18 Å². The zero-order chi connectivity index (χ0) is 10.8. The van der Waals surface area contributed by atoms with Crippen molar-refractivity contribution in [1.29, 1.82) is 0 Å². The van der Waals surface area contributed by atoms with Crippen molar-refractivity contribution in [2.45, 2.75) is 33.0 Å². The first kappa shape index (κ1) is 12.4. The first-order valence-corrected chi connectivity index (χ1v) is 4.04. The van der Waals surface area contributed by atoms with Gasteiger partial charge in [0.05, 0.1) is 12.0 Å². The van der Waals surface area contributed by atoms with Crippen LogP contribution in [0.15, 0.2) is 0 Å². The number of carbonyl (C=O) groups excluding carboxylic acids is 1. The molecule has 0 aromatic carbocycles. The van der Waals surface area contributed by atoms with Crippen LogP contribution in [-0.2, 0) is 4.79 Å². The second-order valence-corrected chi connectivity index (χ2v) is 3.31. The molecule has 0 aliphatic heterocycles. The van der Waals surface area contributed by atoms with E-state index in [4.69, 9.17) is 5.73 Å². The molecule has 5 heteroatoms. The molecule has 0 saturated carbocycles. The molecule has 3 unspecified atom stereocenters. The molecule has 0 bridgehead atoms. The standard InChI is InChI=1S/C8H14F3NO/c1-4(7(13)6(3)12)5(2)8(9,10)11/h4-6H,12H2,1-3H3. The number of hydrogen-bond donors (Lipinski definition) is 1. The molecule has 78 valence electrons. The quantitative estimate of drug-likeness (QED) is 0.748. The Kier molecular flexibility index (Phi) is 3.90. The normalized spacial score (nSPS) is 19.3. The van der Waals surface area contributed by atoms with Crippen molar-refractivity contribution in [3.8, 4) is 0 Å². The molecule has 0 aliphatic carbocycles. The van der Waals surface area contributed by atoms with Gasteiger partial charge in [-0.2, -0.15) is 13.2 Å². The molecule has 0 heterocycles. The van der Waals surface area contributed by atoms with Crippen LogP contribution in [0.5, 0.6) is 0 Å². The molecule has 0 aromatic heterocycles. The van der Waals surface area contributed by atoms with E-state index in [2.05, 4.69) is 0 Å². The number of ketones is 1. The molecule has 0 fully saturated rings. The molecule has 2 N–H and O–H groups in total. The monoisotopic (exact) mass is 197 g/mol. The van der Waals surface area contributed by atoms with Crippen molar-refractivity contribution in [2.24, 2.45) is 17.6 Å². The van der Waals surface area contributed by atoms with Gasteiger partial charge < -0.3 is 5.73 Å². The lowest BCUT2D eigenvalue weighted by Crippen LogP contribution is -2.38. The summed E-state index contributed by atoms with van der Waals surface area (Å²) in [5, 5.41) is 0. The number of nitrogens with two attached hydrogens (primary N) is 1. The van der Waals surface area contributed by atoms with Crippen molar-refractivity contribution in [2.75, 3.05) is 0 Å². The minimum atomic E-state index is -4.33. The van der Waals surface area contributed by atoms with E-state index in [1.54, 1.807) is 0 Å². The van der Waals surface area contributed by atoms with Crippen LogP contribution in [0.1, 0.15) is 20.8 Å². The van der Waals surface area contributed by atoms with Gasteiger partial charge in [-0.3, -0.25) is 4.79 Å². The molecule has 0 radical (unpaired) electrons. The Balaban J connectivity index is 4.43. The Morgan fingerprint density at radius 2 is 1.62 bits per heavy atom. The summed E-state index contributed by atoms with van der Waals surface area (Å²) in [7, 11) is 0. The van der Waals surface area contributed by atoms with E-state index in [1.807, 2.05) is 0 Å². The molecule has 0 spiro atoms. The number of halogens is 3. The van der Waals surface area contributed by atoms with E-state index < -0.39 is 29.8 Å². The summed E-state index contributed by atoms with van der Waals surface area (Å²) >= 11 is 0. The van der Waals surface area contributed by atoms with Gasteiger partial charge in [0.2, 0.25) is 0 Å². The molecule has 0 aromatic rings. The van der Waals surface area contributed by atoms with Crippen LogP contribution < -0.4 is 5.73 Å². The van der Waals surface area contributed by atoms with Crippen molar-refractivity contribution in [3.05, 3.63) is 0 Å². The molecule has 3 atom stereocenters. The molecule has 0 saturated heterocycles. The summed E-state index contributed by atoms with van der Waals surface area (Å²) in [6.45, 7) is 3.64. The van der Waals surface area contributed by atoms with Gasteiger partial charge in [-0.15, -0.1) is 0 Å². The fraction of sp³-hybridized carbons (Fsp3) is 0.875. The third-order valence-corrected chi connectivity index (χ3v) is 2.16. The largest absolute Gasteiger partial charge is 0.392 e. The third kappa shape index (κ3) is 3.34. The average molecular weight is 197 g/mol. The van der Waals surface area contributed by atoms with Crippen LogP contribution in [0.4, 0.5) is 13.2 Å². The van der Waals surface area contributed by atoms with E-state index in [0.29, 0.717) is 0 Å². The molecular formula is C8H14F3NO. The maximum absolute atomic E-state index is 12.1. The highest BCUT2D eigenvalue weighted by Crippen LogP contribution is 2.32. The predicted molar refractivity (Wildman–Crippen MR) is 43.0 cm³/mol. The Morgan fingerprint density at radius 1 is 1.23 bits per heavy atom. The summed E-state index contributed by atoms with van der Waals surface area (Å²) in [5.74, 6) is -3.25. The summed E-state index contributed by atoms with van der Waals surface area (Å²) in [4.78, 5) is 11.1. The van der Waals surface area contributed by atoms with Gasteiger partial charge in [-0.1, -0.05) is 13.8 Å². The van der Waals surface area contributed by atoms with Crippen molar-refractivity contribution in [1.82, 2.24) is 0 Å². The van der Waals surface area contributed by atoms with E-state index in [9.17, 15) is 18.0 Å². The summed E-state index contributed by atoms with van der Waals surface area (Å²) in [5.41, 5.74) is 5.20. The molecular weight excluding hydrogens is 183 g/mol. The van der Waals surface area contributed by atoms with Crippen LogP contribution in [-0.4, -0.2) is 18.0 Å². The highest BCUT2D eigenvalue weighted by Gasteiger charge is 2.42. The zero-order valence-corrected chi connectivity index (χ0v) is 7.85. The van der Waals surface area contributed by atoms with Crippen LogP contribution in [0.25, 0.3) is 0 Å². The second-order valence-electron chi connectivity index (χ2n) is 3.31. The lowest BCUT2D eigenvalue weighted by atomic mass is 9.89. The molecule has 0 rings (SSSR count). The third-order valence-electron chi connectivity index (χ3n) is 2.16. The molecule has 13 heavy (non-hydrogen) atoms. The van der Waals surface area contributed by atoms with Gasteiger partial charge in [-0.25, -0.2) is 0 Å². The highest BCUT2D eigenvalue weighted by molar-refractivity contribution is 5.85. The smallest absolute Gasteiger partial charge is 0.322 e. The number of carbonyl (C=O) groups is 1. The van der Waals surface area contributed by atoms with Crippen molar-refractivity contribution in [3.63, 3.8) is 0 Å². The minimum absolute atomic E-state index is 0.551. The maximum Gasteiger partial charge on any atom is 0.392 e. The molecule has 2 nitrogen and oxygen atoms in total. The molecule has 0 aliphatic rings. The first-order chi connectivity index (χ1) is 5.68. The molecule has 0 amide bonds. The topological polar surface area (TPSA) is 43.1 Å². The summed E-state index contributed by atoms with van der Waals surface area (Å²) in [6.07, 6.45) is -4.33. The van der Waals surface area contributed by atoms with Crippen LogP contribution in [0, 0.1) is 11.8 Å². The van der Waals surface area contributed by atoms with E-state index in [1.165, 1.54) is 13.8 Å². The SMILES string of the molecule is CC(N)C(=O)C(C)C(C)C(F)(F)F. The van der Waals surface area contributed by atoms with E-state index >= 15 is 0 Å². The van der Waals surface area contributed by atoms with Crippen LogP contribution >= 0.6 is 0 Å². The first-order valence-electron chi connectivity index (χ1n) is 4.04. The summed E-state index contributed by atoms with van der Waals surface area (Å²) in [6, 6.07) is -0.834. The van der Waals surface area contributed by atoms with Crippen molar-refractivity contribution >= 4 is 5.78 Å². The summed E-state index contributed by atoms with van der Waals surface area (Å²) < 4.78 is 36.4. The van der Waals surface area contributed by atoms with Gasteiger partial charge in [0.25, 0.3) is 0 Å². The van der Waals surface area contributed by atoms with Gasteiger partial charge in [0.1, 0.15) is 0 Å². The van der Waals surface area contributed by atoms with Crippen molar-refractivity contribution < 1.29 is 18.0 Å². The number of hydrogen-bond acceptors (Lipinski definition) is 2. The Labute approximate surface area is 75.3 Å². The van der Waals surface area contributed by atoms with Crippen LogP contribution in [0.2, 0.25) is 0 Å². The number of alkyl halides is 3. The average Bonchev–Trinajstić information content (AvgIpc) is 1.98. The lowest BCUT2D eigenvalue weighted by Gasteiger charge is -2.22.